The monoisotopic (exact) mass is 602 g/mol. The molecule has 1 unspecified atom stereocenters. The number of rotatable bonds is 9. The summed E-state index contributed by atoms with van der Waals surface area (Å²) in [5, 5.41) is 0.667. The van der Waals surface area contributed by atoms with Gasteiger partial charge in [0.15, 0.2) is 16.3 Å². The average molecular weight is 603 g/mol. The Labute approximate surface area is 253 Å². The predicted molar refractivity (Wildman–Crippen MR) is 165 cm³/mol. The number of fused-ring (bicyclic) bond motifs is 1. The Morgan fingerprint density at radius 2 is 1.79 bits per heavy atom. The van der Waals surface area contributed by atoms with Crippen LogP contribution in [0.1, 0.15) is 50.4 Å². The molecule has 7 nitrogen and oxygen atoms in total. The third-order valence-corrected chi connectivity index (χ3v) is 7.81. The van der Waals surface area contributed by atoms with Crippen LogP contribution < -0.4 is 24.4 Å². The molecule has 216 valence electrons. The Kier molecular flexibility index (Phi) is 8.94. The molecule has 0 N–H and O–H groups in total. The van der Waals surface area contributed by atoms with Gasteiger partial charge < -0.3 is 14.2 Å². The van der Waals surface area contributed by atoms with Gasteiger partial charge in [-0.25, -0.2) is 9.79 Å². The molecule has 3 aromatic carbocycles. The normalized spacial score (nSPS) is 14.9. The maximum absolute atomic E-state index is 13.9. The molecule has 9 heteroatoms. The average Bonchev–Trinajstić information content (AvgIpc) is 3.26. The summed E-state index contributed by atoms with van der Waals surface area (Å²) in [6.45, 7) is 8.09. The van der Waals surface area contributed by atoms with Crippen molar-refractivity contribution in [2.24, 2.45) is 4.99 Å². The van der Waals surface area contributed by atoms with E-state index in [1.54, 1.807) is 25.3 Å². The summed E-state index contributed by atoms with van der Waals surface area (Å²) in [5.74, 6) is 0.688. The van der Waals surface area contributed by atoms with Gasteiger partial charge in [-0.15, -0.1) is 0 Å². The van der Waals surface area contributed by atoms with Crippen molar-refractivity contribution in [1.29, 1.82) is 0 Å². The van der Waals surface area contributed by atoms with E-state index < -0.39 is 12.0 Å². The summed E-state index contributed by atoms with van der Waals surface area (Å²) >= 11 is 7.27. The second-order valence-corrected chi connectivity index (χ2v) is 11.4. The smallest absolute Gasteiger partial charge is 0.338 e. The van der Waals surface area contributed by atoms with Crippen molar-refractivity contribution in [2.45, 2.75) is 46.4 Å². The minimum absolute atomic E-state index is 0.240. The number of hydrogen-bond donors (Lipinski definition) is 0. The second kappa shape index (κ2) is 12.8. The Hall–Kier alpha value is -4.14. The van der Waals surface area contributed by atoms with E-state index in [0.29, 0.717) is 50.3 Å². The molecule has 0 aliphatic carbocycles. The molecule has 0 fully saturated rings. The molecular weight excluding hydrogens is 572 g/mol. The van der Waals surface area contributed by atoms with Crippen LogP contribution in [0.3, 0.4) is 0 Å². The van der Waals surface area contributed by atoms with E-state index in [1.807, 2.05) is 85.8 Å². The zero-order valence-corrected chi connectivity index (χ0v) is 25.4. The van der Waals surface area contributed by atoms with Crippen LogP contribution in [0.2, 0.25) is 5.02 Å². The molecule has 2 heterocycles. The number of benzene rings is 3. The number of carbonyl (C=O) groups is 1. The van der Waals surface area contributed by atoms with Crippen LogP contribution in [0.15, 0.2) is 93.9 Å². The van der Waals surface area contributed by atoms with Crippen LogP contribution in [0, 0.1) is 0 Å². The third-order valence-electron chi connectivity index (χ3n) is 6.57. The molecule has 4 aromatic rings. The van der Waals surface area contributed by atoms with Crippen LogP contribution in [-0.2, 0) is 16.1 Å². The van der Waals surface area contributed by atoms with E-state index in [2.05, 4.69) is 4.99 Å². The number of allylic oxidation sites excluding steroid dienone is 1. The molecule has 5 rings (SSSR count). The van der Waals surface area contributed by atoms with Gasteiger partial charge >= 0.3 is 5.97 Å². The van der Waals surface area contributed by atoms with Gasteiger partial charge in [-0.05, 0) is 74.7 Å². The van der Waals surface area contributed by atoms with E-state index in [4.69, 9.17) is 25.8 Å². The molecule has 0 bridgehead atoms. The lowest BCUT2D eigenvalue weighted by molar-refractivity contribution is -0.143. The zero-order chi connectivity index (χ0) is 29.8. The summed E-state index contributed by atoms with van der Waals surface area (Å²) in [6, 6.07) is 21.9. The van der Waals surface area contributed by atoms with Crippen molar-refractivity contribution in [1.82, 2.24) is 4.57 Å². The van der Waals surface area contributed by atoms with Crippen LogP contribution in [0.4, 0.5) is 0 Å². The van der Waals surface area contributed by atoms with Crippen molar-refractivity contribution >= 4 is 35.0 Å². The molecule has 42 heavy (non-hydrogen) atoms. The van der Waals surface area contributed by atoms with Gasteiger partial charge in [-0.3, -0.25) is 9.36 Å². The van der Waals surface area contributed by atoms with E-state index >= 15 is 0 Å². The lowest BCUT2D eigenvalue weighted by Gasteiger charge is -2.25. The van der Waals surface area contributed by atoms with E-state index in [0.717, 1.165) is 16.7 Å². The van der Waals surface area contributed by atoms with E-state index in [1.165, 1.54) is 11.3 Å². The highest BCUT2D eigenvalue weighted by Crippen LogP contribution is 2.32. The second-order valence-electron chi connectivity index (χ2n) is 10.0. The van der Waals surface area contributed by atoms with Crippen LogP contribution >= 0.6 is 22.9 Å². The predicted octanol–water partition coefficient (Wildman–Crippen LogP) is 5.82. The van der Waals surface area contributed by atoms with Crippen molar-refractivity contribution < 1.29 is 19.0 Å². The van der Waals surface area contributed by atoms with E-state index in [-0.39, 0.29) is 11.7 Å². The van der Waals surface area contributed by atoms with Gasteiger partial charge in [-0.1, -0.05) is 71.5 Å². The summed E-state index contributed by atoms with van der Waals surface area (Å²) in [6.07, 6.45) is 1.50. The Morgan fingerprint density at radius 1 is 1.05 bits per heavy atom. The van der Waals surface area contributed by atoms with E-state index in [9.17, 15) is 9.59 Å². The standard InChI is InChI=1S/C33H31ClN2O5S/c1-5-39-27-17-23(13-16-26(27)40-19-22-11-14-25(34)15-12-22)18-28-31(37)36-30(24-9-7-6-8-10-24)29(32(38)41-20(2)3)21(4)35-33(36)42-28/h6-18,20,30H,5,19H2,1-4H3. The van der Waals surface area contributed by atoms with Gasteiger partial charge in [-0.2, -0.15) is 0 Å². The molecule has 1 atom stereocenters. The maximum Gasteiger partial charge on any atom is 0.338 e. The van der Waals surface area contributed by atoms with Gasteiger partial charge in [0.2, 0.25) is 0 Å². The number of esters is 1. The number of nitrogens with zero attached hydrogens (tertiary/aromatic N) is 2. The first kappa shape index (κ1) is 29.4. The minimum Gasteiger partial charge on any atom is -0.490 e. The maximum atomic E-state index is 13.9. The van der Waals surface area contributed by atoms with Crippen molar-refractivity contribution in [3.8, 4) is 11.5 Å². The summed E-state index contributed by atoms with van der Waals surface area (Å²) in [7, 11) is 0. The number of halogens is 1. The number of aromatic nitrogens is 1. The molecule has 1 aliphatic heterocycles. The third kappa shape index (κ3) is 6.35. The SMILES string of the molecule is CCOc1cc(C=c2sc3n(c2=O)C(c2ccccc2)C(C(=O)OC(C)C)=C(C)N=3)ccc1OCc1ccc(Cl)cc1. The molecule has 0 radical (unpaired) electrons. The fourth-order valence-corrected chi connectivity index (χ4v) is 5.88. The Bertz CT molecular complexity index is 1810. The highest BCUT2D eigenvalue weighted by molar-refractivity contribution is 7.07. The first-order chi connectivity index (χ1) is 20.2. The summed E-state index contributed by atoms with van der Waals surface area (Å²) < 4.78 is 19.5. The lowest BCUT2D eigenvalue weighted by atomic mass is 9.96. The number of hydrogen-bond acceptors (Lipinski definition) is 7. The molecule has 1 aliphatic rings. The molecule has 0 saturated heterocycles. The van der Waals surface area contributed by atoms with Gasteiger partial charge in [0.1, 0.15) is 6.61 Å². The largest absolute Gasteiger partial charge is 0.490 e. The lowest BCUT2D eigenvalue weighted by Crippen LogP contribution is -2.40. The summed E-state index contributed by atoms with van der Waals surface area (Å²) in [4.78, 5) is 32.3. The zero-order valence-electron chi connectivity index (χ0n) is 23.8. The summed E-state index contributed by atoms with van der Waals surface area (Å²) in [5.41, 5.74) is 3.20. The van der Waals surface area contributed by atoms with Gasteiger partial charge in [0.05, 0.1) is 34.6 Å². The molecule has 0 spiro atoms. The number of ether oxygens (including phenoxy) is 3. The first-order valence-corrected chi connectivity index (χ1v) is 14.9. The number of thiazole rings is 1. The Morgan fingerprint density at radius 3 is 2.48 bits per heavy atom. The fraction of sp³-hybridized carbons (Fsp3) is 0.242. The van der Waals surface area contributed by atoms with Gasteiger partial charge in [0, 0.05) is 5.02 Å². The molecule has 0 saturated carbocycles. The minimum atomic E-state index is -0.654. The highest BCUT2D eigenvalue weighted by atomic mass is 35.5. The highest BCUT2D eigenvalue weighted by Gasteiger charge is 2.33. The molecule has 0 amide bonds. The molecule has 1 aromatic heterocycles. The quantitative estimate of drug-likeness (QED) is 0.226. The van der Waals surface area contributed by atoms with Crippen molar-refractivity contribution in [2.75, 3.05) is 6.61 Å². The van der Waals surface area contributed by atoms with Crippen LogP contribution in [0.5, 0.6) is 11.5 Å². The fourth-order valence-electron chi connectivity index (χ4n) is 4.71. The van der Waals surface area contributed by atoms with Gasteiger partial charge in [0.25, 0.3) is 5.56 Å². The molecular formula is C33H31ClN2O5S. The van der Waals surface area contributed by atoms with Crippen LogP contribution in [0.25, 0.3) is 6.08 Å². The van der Waals surface area contributed by atoms with Crippen molar-refractivity contribution in [3.63, 3.8) is 0 Å². The topological polar surface area (TPSA) is 79.1 Å². The number of carbonyl (C=O) groups excluding carboxylic acids is 1. The Balaban J connectivity index is 1.54. The van der Waals surface area contributed by atoms with Crippen molar-refractivity contribution in [3.05, 3.63) is 125 Å². The first-order valence-electron chi connectivity index (χ1n) is 13.7. The van der Waals surface area contributed by atoms with Crippen LogP contribution in [-0.4, -0.2) is 23.2 Å².